The molecule has 4 rings (SSSR count). The Morgan fingerprint density at radius 3 is 2.38 bits per heavy atom. The summed E-state index contributed by atoms with van der Waals surface area (Å²) in [4.78, 5) is 25.7. The minimum absolute atomic E-state index is 0.0785. The van der Waals surface area contributed by atoms with Crippen LogP contribution in [0, 0.1) is 18.2 Å². The monoisotopic (exact) mass is 490 g/mol. The quantitative estimate of drug-likeness (QED) is 0.634. The maximum atomic E-state index is 13.8. The van der Waals surface area contributed by atoms with Crippen molar-refractivity contribution < 1.29 is 42.1 Å². The lowest BCUT2D eigenvalue weighted by atomic mass is 9.76. The number of rotatable bonds is 3. The SMILES string of the molecule is Cc1ccc(C(=O)N2CCC3(CC2)COC(CN2CCC(O)C2)C3)cc1F.O=C(O)C(F)(F)F. The van der Waals surface area contributed by atoms with Gasteiger partial charge >= 0.3 is 12.1 Å². The number of likely N-dealkylation sites (tertiary alicyclic amines) is 2. The number of nitrogens with zero attached hydrogens (tertiary/aromatic N) is 2. The first-order valence-corrected chi connectivity index (χ1v) is 11.3. The summed E-state index contributed by atoms with van der Waals surface area (Å²) >= 11 is 0. The largest absolute Gasteiger partial charge is 0.490 e. The van der Waals surface area contributed by atoms with E-state index in [1.54, 1.807) is 19.1 Å². The third-order valence-electron chi connectivity index (χ3n) is 6.77. The summed E-state index contributed by atoms with van der Waals surface area (Å²) in [5.74, 6) is -3.16. The molecule has 0 aliphatic carbocycles. The van der Waals surface area contributed by atoms with E-state index in [2.05, 4.69) is 4.90 Å². The number of piperidine rings is 1. The molecular weight excluding hydrogens is 460 g/mol. The summed E-state index contributed by atoms with van der Waals surface area (Å²) in [6.07, 6.45) is -1.29. The zero-order valence-electron chi connectivity index (χ0n) is 19.0. The summed E-state index contributed by atoms with van der Waals surface area (Å²) < 4.78 is 51.6. The van der Waals surface area contributed by atoms with Gasteiger partial charge in [-0.3, -0.25) is 9.69 Å². The first kappa shape index (κ1) is 26.4. The number of carboxylic acid groups (broad SMARTS) is 1. The van der Waals surface area contributed by atoms with Crippen molar-refractivity contribution in [2.45, 2.75) is 51.0 Å². The van der Waals surface area contributed by atoms with Crippen LogP contribution in [0.15, 0.2) is 18.2 Å². The zero-order valence-corrected chi connectivity index (χ0v) is 19.0. The van der Waals surface area contributed by atoms with Crippen LogP contribution in [0.3, 0.4) is 0 Å². The van der Waals surface area contributed by atoms with Crippen LogP contribution in [0.5, 0.6) is 0 Å². The van der Waals surface area contributed by atoms with E-state index >= 15 is 0 Å². The number of ether oxygens (including phenoxy) is 1. The highest BCUT2D eigenvalue weighted by atomic mass is 19.4. The molecule has 3 saturated heterocycles. The number of aliphatic hydroxyl groups excluding tert-OH is 1. The molecule has 11 heteroatoms. The number of aliphatic carboxylic acids is 1. The molecule has 1 amide bonds. The number of alkyl halides is 3. The van der Waals surface area contributed by atoms with Gasteiger partial charge in [-0.2, -0.15) is 13.2 Å². The minimum Gasteiger partial charge on any atom is -0.475 e. The highest BCUT2D eigenvalue weighted by Crippen LogP contribution is 2.42. The predicted molar refractivity (Wildman–Crippen MR) is 114 cm³/mol. The molecule has 34 heavy (non-hydrogen) atoms. The third kappa shape index (κ3) is 6.67. The van der Waals surface area contributed by atoms with Crippen molar-refractivity contribution in [2.75, 3.05) is 39.3 Å². The molecule has 3 heterocycles. The second kappa shape index (κ2) is 10.6. The van der Waals surface area contributed by atoms with E-state index in [0.29, 0.717) is 24.2 Å². The molecule has 0 aromatic heterocycles. The van der Waals surface area contributed by atoms with Crippen molar-refractivity contribution in [1.82, 2.24) is 9.80 Å². The van der Waals surface area contributed by atoms with Crippen LogP contribution < -0.4 is 0 Å². The molecule has 3 aliphatic rings. The fourth-order valence-corrected chi connectivity index (χ4v) is 4.72. The van der Waals surface area contributed by atoms with Gasteiger partial charge in [-0.15, -0.1) is 0 Å². The molecule has 7 nitrogen and oxygen atoms in total. The number of aliphatic hydroxyl groups is 1. The molecule has 0 radical (unpaired) electrons. The Bertz CT molecular complexity index is 887. The first-order valence-electron chi connectivity index (χ1n) is 11.3. The number of β-amino-alcohol motifs (C(OH)–C–C–N with tert-alkyl or cyclic N) is 1. The Hall–Kier alpha value is -2.24. The Kier molecular flexibility index (Phi) is 8.20. The van der Waals surface area contributed by atoms with Crippen molar-refractivity contribution >= 4 is 11.9 Å². The lowest BCUT2D eigenvalue weighted by molar-refractivity contribution is -0.192. The molecule has 2 unspecified atom stereocenters. The van der Waals surface area contributed by atoms with E-state index < -0.39 is 12.1 Å². The van der Waals surface area contributed by atoms with Gasteiger partial charge < -0.3 is 19.8 Å². The van der Waals surface area contributed by atoms with Crippen LogP contribution in [0.25, 0.3) is 0 Å². The number of hydrogen-bond donors (Lipinski definition) is 2. The van der Waals surface area contributed by atoms with Crippen LogP contribution in [0.2, 0.25) is 0 Å². The van der Waals surface area contributed by atoms with Gasteiger partial charge in [0, 0.05) is 38.3 Å². The smallest absolute Gasteiger partial charge is 0.475 e. The number of halogens is 4. The molecule has 3 fully saturated rings. The Labute approximate surface area is 195 Å². The number of aryl methyl sites for hydroxylation is 1. The van der Waals surface area contributed by atoms with Gasteiger partial charge in [-0.1, -0.05) is 6.07 Å². The number of benzene rings is 1. The van der Waals surface area contributed by atoms with Crippen LogP contribution >= 0.6 is 0 Å². The van der Waals surface area contributed by atoms with E-state index in [4.69, 9.17) is 14.6 Å². The highest BCUT2D eigenvalue weighted by molar-refractivity contribution is 5.94. The van der Waals surface area contributed by atoms with Crippen molar-refractivity contribution in [3.05, 3.63) is 35.1 Å². The van der Waals surface area contributed by atoms with Gasteiger partial charge in [0.1, 0.15) is 5.82 Å². The second-order valence-electron chi connectivity index (χ2n) is 9.40. The van der Waals surface area contributed by atoms with Crippen molar-refractivity contribution in [1.29, 1.82) is 0 Å². The van der Waals surface area contributed by atoms with Crippen molar-refractivity contribution in [3.8, 4) is 0 Å². The minimum atomic E-state index is -5.08. The van der Waals surface area contributed by atoms with Gasteiger partial charge in [0.2, 0.25) is 0 Å². The van der Waals surface area contributed by atoms with Crippen LogP contribution in [0.4, 0.5) is 17.6 Å². The van der Waals surface area contributed by atoms with Crippen LogP contribution in [-0.2, 0) is 9.53 Å². The van der Waals surface area contributed by atoms with E-state index in [-0.39, 0.29) is 29.3 Å². The summed E-state index contributed by atoms with van der Waals surface area (Å²) in [5.41, 5.74) is 1.16. The molecule has 0 bridgehead atoms. The van der Waals surface area contributed by atoms with Gasteiger partial charge in [0.15, 0.2) is 0 Å². The fraction of sp³-hybridized carbons (Fsp3) is 0.652. The fourth-order valence-electron chi connectivity index (χ4n) is 4.72. The van der Waals surface area contributed by atoms with Gasteiger partial charge in [-0.25, -0.2) is 9.18 Å². The standard InChI is InChI=1S/C21H29FN2O3.C2HF3O2/c1-15-2-3-16(10-19(15)22)20(26)24-8-5-21(6-9-24)11-18(27-14-21)13-23-7-4-17(25)12-23;3-2(4,5)1(6)7/h2-3,10,17-18,25H,4-9,11-14H2,1H3;(H,6,7). The Balaban J connectivity index is 0.000000406. The average molecular weight is 490 g/mol. The molecule has 0 saturated carbocycles. The average Bonchev–Trinajstić information content (AvgIpc) is 3.36. The van der Waals surface area contributed by atoms with Gasteiger partial charge in [0.25, 0.3) is 5.91 Å². The lowest BCUT2D eigenvalue weighted by Gasteiger charge is -2.38. The molecule has 1 aromatic carbocycles. The van der Waals surface area contributed by atoms with Crippen LogP contribution in [-0.4, -0.2) is 89.6 Å². The molecule has 190 valence electrons. The summed E-state index contributed by atoms with van der Waals surface area (Å²) in [6.45, 7) is 6.46. The molecule has 2 N–H and O–H groups in total. The number of carboxylic acids is 1. The van der Waals surface area contributed by atoms with E-state index in [1.807, 2.05) is 4.90 Å². The van der Waals surface area contributed by atoms with Crippen LogP contribution in [0.1, 0.15) is 41.6 Å². The predicted octanol–water partition coefficient (Wildman–Crippen LogP) is 2.85. The molecular formula is C23H30F4N2O5. The van der Waals surface area contributed by atoms with Crippen molar-refractivity contribution in [3.63, 3.8) is 0 Å². The highest BCUT2D eigenvalue weighted by Gasteiger charge is 2.44. The number of amides is 1. The topological polar surface area (TPSA) is 90.3 Å². The van der Waals surface area contributed by atoms with Crippen molar-refractivity contribution in [2.24, 2.45) is 5.41 Å². The maximum Gasteiger partial charge on any atom is 0.490 e. The lowest BCUT2D eigenvalue weighted by Crippen LogP contribution is -2.43. The molecule has 1 spiro atoms. The number of carbonyl (C=O) groups excluding carboxylic acids is 1. The summed E-state index contributed by atoms with van der Waals surface area (Å²) in [6, 6.07) is 4.73. The molecule has 3 aliphatic heterocycles. The number of carbonyl (C=O) groups is 2. The van der Waals surface area contributed by atoms with E-state index in [1.165, 1.54) is 6.07 Å². The number of hydrogen-bond acceptors (Lipinski definition) is 5. The normalized spacial score (nSPS) is 24.7. The van der Waals surface area contributed by atoms with E-state index in [0.717, 1.165) is 51.9 Å². The molecule has 1 aromatic rings. The third-order valence-corrected chi connectivity index (χ3v) is 6.77. The Morgan fingerprint density at radius 2 is 1.85 bits per heavy atom. The maximum absolute atomic E-state index is 13.8. The van der Waals surface area contributed by atoms with Gasteiger partial charge in [-0.05, 0) is 55.7 Å². The second-order valence-corrected chi connectivity index (χ2v) is 9.40. The summed E-state index contributed by atoms with van der Waals surface area (Å²) in [7, 11) is 0. The molecule has 2 atom stereocenters. The van der Waals surface area contributed by atoms with E-state index in [9.17, 15) is 27.5 Å². The summed E-state index contributed by atoms with van der Waals surface area (Å²) in [5, 5.41) is 16.8. The Morgan fingerprint density at radius 1 is 1.21 bits per heavy atom. The zero-order chi connectivity index (χ0) is 25.1. The van der Waals surface area contributed by atoms with Gasteiger partial charge in [0.05, 0.1) is 18.8 Å². The first-order chi connectivity index (χ1) is 15.9.